The molecule has 1 aromatic carbocycles. The number of rotatable bonds is 5. The molecule has 0 saturated heterocycles. The summed E-state index contributed by atoms with van der Waals surface area (Å²) in [6, 6.07) is 7.84. The van der Waals surface area contributed by atoms with E-state index in [0.717, 1.165) is 32.6 Å². The third-order valence-electron chi connectivity index (χ3n) is 2.76. The van der Waals surface area contributed by atoms with Crippen molar-refractivity contribution in [3.8, 4) is 5.75 Å². The lowest BCUT2D eigenvalue weighted by atomic mass is 10.3. The fourth-order valence-corrected chi connectivity index (χ4v) is 2.79. The number of aryl methyl sites for hydroxylation is 1. The molecular weight excluding hydrogens is 274 g/mol. The Morgan fingerprint density at radius 3 is 3.00 bits per heavy atom. The molecule has 0 saturated carbocycles. The molecule has 0 unspecified atom stereocenters. The number of hydrogen-bond acceptors (Lipinski definition) is 6. The summed E-state index contributed by atoms with van der Waals surface area (Å²) >= 11 is 1.60. The Bertz CT molecular complexity index is 720. The molecule has 0 amide bonds. The van der Waals surface area contributed by atoms with Crippen molar-refractivity contribution in [2.24, 2.45) is 0 Å². The summed E-state index contributed by atoms with van der Waals surface area (Å²) in [5, 5.41) is 7.97. The zero-order chi connectivity index (χ0) is 13.9. The van der Waals surface area contributed by atoms with Gasteiger partial charge in [0, 0.05) is 6.07 Å². The molecule has 0 aliphatic rings. The van der Waals surface area contributed by atoms with Crippen LogP contribution in [0.2, 0.25) is 0 Å². The van der Waals surface area contributed by atoms with Gasteiger partial charge in [-0.3, -0.25) is 0 Å². The second-order valence-corrected chi connectivity index (χ2v) is 5.40. The molecule has 6 heteroatoms. The first-order valence-corrected chi connectivity index (χ1v) is 7.25. The highest BCUT2D eigenvalue weighted by Crippen LogP contribution is 2.29. The van der Waals surface area contributed by atoms with Crippen LogP contribution in [0.25, 0.3) is 10.2 Å². The number of anilines is 1. The van der Waals surface area contributed by atoms with Gasteiger partial charge in [0.15, 0.2) is 10.9 Å². The summed E-state index contributed by atoms with van der Waals surface area (Å²) in [4.78, 5) is 4.53. The van der Waals surface area contributed by atoms with Gasteiger partial charge >= 0.3 is 0 Å². The number of hydrogen-bond donors (Lipinski definition) is 1. The summed E-state index contributed by atoms with van der Waals surface area (Å²) in [5.74, 6) is 1.68. The van der Waals surface area contributed by atoms with Crippen molar-refractivity contribution in [3.05, 3.63) is 35.7 Å². The Kier molecular flexibility index (Phi) is 3.56. The zero-order valence-corrected chi connectivity index (χ0v) is 12.2. The Morgan fingerprint density at radius 1 is 1.35 bits per heavy atom. The number of fused-ring (bicyclic) bond motifs is 1. The average Bonchev–Trinajstić information content (AvgIpc) is 3.02. The van der Waals surface area contributed by atoms with E-state index in [1.807, 2.05) is 38.1 Å². The van der Waals surface area contributed by atoms with Gasteiger partial charge in [0.25, 0.3) is 0 Å². The normalized spacial score (nSPS) is 10.9. The van der Waals surface area contributed by atoms with E-state index < -0.39 is 0 Å². The van der Waals surface area contributed by atoms with Crippen molar-refractivity contribution in [1.29, 1.82) is 0 Å². The highest BCUT2D eigenvalue weighted by molar-refractivity contribution is 7.22. The minimum Gasteiger partial charge on any atom is -0.494 e. The lowest BCUT2D eigenvalue weighted by Gasteiger charge is -2.00. The molecule has 5 nitrogen and oxygen atoms in total. The third-order valence-corrected chi connectivity index (χ3v) is 3.74. The predicted octanol–water partition coefficient (Wildman–Crippen LogP) is 3.60. The lowest BCUT2D eigenvalue weighted by Crippen LogP contribution is -1.96. The largest absolute Gasteiger partial charge is 0.494 e. The number of thiazole rings is 1. The maximum Gasteiger partial charge on any atom is 0.184 e. The second kappa shape index (κ2) is 5.50. The van der Waals surface area contributed by atoms with E-state index >= 15 is 0 Å². The SMILES string of the molecule is CCOc1ccc2nc(NCc3cc(C)no3)sc2c1. The van der Waals surface area contributed by atoms with E-state index in [1.165, 1.54) is 0 Å². The molecule has 0 fully saturated rings. The monoisotopic (exact) mass is 289 g/mol. The third kappa shape index (κ3) is 2.75. The standard InChI is InChI=1S/C14H15N3O2S/c1-3-18-10-4-5-12-13(7-10)20-14(16-12)15-8-11-6-9(2)17-19-11/h4-7H,3,8H2,1-2H3,(H,15,16). The Labute approximate surface area is 120 Å². The van der Waals surface area contributed by atoms with Crippen LogP contribution in [0.3, 0.4) is 0 Å². The van der Waals surface area contributed by atoms with Crippen molar-refractivity contribution in [2.45, 2.75) is 20.4 Å². The molecule has 3 rings (SSSR count). The molecule has 2 heterocycles. The highest BCUT2D eigenvalue weighted by Gasteiger charge is 2.06. The van der Waals surface area contributed by atoms with Crippen LogP contribution in [0.4, 0.5) is 5.13 Å². The van der Waals surface area contributed by atoms with Gasteiger partial charge < -0.3 is 14.6 Å². The molecule has 20 heavy (non-hydrogen) atoms. The van der Waals surface area contributed by atoms with E-state index in [1.54, 1.807) is 11.3 Å². The van der Waals surface area contributed by atoms with Crippen LogP contribution in [0, 0.1) is 6.92 Å². The average molecular weight is 289 g/mol. The van der Waals surface area contributed by atoms with Gasteiger partial charge in [-0.25, -0.2) is 4.98 Å². The maximum atomic E-state index is 5.49. The minimum atomic E-state index is 0.582. The maximum absolute atomic E-state index is 5.49. The van der Waals surface area contributed by atoms with Gasteiger partial charge in [-0.1, -0.05) is 16.5 Å². The summed E-state index contributed by atoms with van der Waals surface area (Å²) < 4.78 is 11.7. The number of aromatic nitrogens is 2. The van der Waals surface area contributed by atoms with Crippen molar-refractivity contribution in [1.82, 2.24) is 10.1 Å². The van der Waals surface area contributed by atoms with Crippen LogP contribution in [-0.4, -0.2) is 16.7 Å². The first-order valence-electron chi connectivity index (χ1n) is 6.44. The summed E-state index contributed by atoms with van der Waals surface area (Å²) in [5.41, 5.74) is 1.85. The van der Waals surface area contributed by atoms with Gasteiger partial charge in [0.05, 0.1) is 29.1 Å². The van der Waals surface area contributed by atoms with Gasteiger partial charge in [-0.05, 0) is 32.0 Å². The molecule has 0 bridgehead atoms. The fourth-order valence-electron chi connectivity index (χ4n) is 1.90. The van der Waals surface area contributed by atoms with Crippen LogP contribution < -0.4 is 10.1 Å². The second-order valence-electron chi connectivity index (χ2n) is 4.37. The lowest BCUT2D eigenvalue weighted by molar-refractivity contribution is 0.341. The predicted molar refractivity (Wildman–Crippen MR) is 79.4 cm³/mol. The molecule has 1 N–H and O–H groups in total. The quantitative estimate of drug-likeness (QED) is 0.777. The fraction of sp³-hybridized carbons (Fsp3) is 0.286. The van der Waals surface area contributed by atoms with Crippen LogP contribution in [-0.2, 0) is 6.54 Å². The van der Waals surface area contributed by atoms with Gasteiger partial charge in [-0.2, -0.15) is 0 Å². The number of nitrogens with zero attached hydrogens (tertiary/aromatic N) is 2. The molecular formula is C14H15N3O2S. The molecule has 0 aliphatic heterocycles. The first kappa shape index (κ1) is 12.9. The van der Waals surface area contributed by atoms with Gasteiger partial charge in [-0.15, -0.1) is 0 Å². The smallest absolute Gasteiger partial charge is 0.184 e. The van der Waals surface area contributed by atoms with Crippen molar-refractivity contribution >= 4 is 26.7 Å². The number of benzene rings is 1. The van der Waals surface area contributed by atoms with Crippen molar-refractivity contribution in [3.63, 3.8) is 0 Å². The van der Waals surface area contributed by atoms with Gasteiger partial charge in [0.1, 0.15) is 5.75 Å². The number of nitrogens with one attached hydrogen (secondary N) is 1. The molecule has 0 spiro atoms. The van der Waals surface area contributed by atoms with Crippen LogP contribution in [0.15, 0.2) is 28.8 Å². The molecule has 0 aliphatic carbocycles. The molecule has 0 atom stereocenters. The van der Waals surface area contributed by atoms with Crippen LogP contribution in [0.1, 0.15) is 18.4 Å². The van der Waals surface area contributed by atoms with E-state index in [2.05, 4.69) is 15.5 Å². The van der Waals surface area contributed by atoms with Crippen molar-refractivity contribution in [2.75, 3.05) is 11.9 Å². The van der Waals surface area contributed by atoms with E-state index in [-0.39, 0.29) is 0 Å². The summed E-state index contributed by atoms with van der Waals surface area (Å²) in [6.07, 6.45) is 0. The Morgan fingerprint density at radius 2 is 2.25 bits per heavy atom. The van der Waals surface area contributed by atoms with Crippen LogP contribution >= 0.6 is 11.3 Å². The number of ether oxygens (including phenoxy) is 1. The molecule has 2 aromatic heterocycles. The zero-order valence-electron chi connectivity index (χ0n) is 11.3. The van der Waals surface area contributed by atoms with Gasteiger partial charge in [0.2, 0.25) is 0 Å². The van der Waals surface area contributed by atoms with E-state index in [4.69, 9.17) is 9.26 Å². The topological polar surface area (TPSA) is 60.2 Å². The summed E-state index contributed by atoms with van der Waals surface area (Å²) in [6.45, 7) is 5.13. The minimum absolute atomic E-state index is 0.582. The molecule has 104 valence electrons. The summed E-state index contributed by atoms with van der Waals surface area (Å²) in [7, 11) is 0. The molecule has 0 radical (unpaired) electrons. The Balaban J connectivity index is 1.75. The van der Waals surface area contributed by atoms with Crippen LogP contribution in [0.5, 0.6) is 5.75 Å². The Hall–Kier alpha value is -2.08. The van der Waals surface area contributed by atoms with Crippen molar-refractivity contribution < 1.29 is 9.26 Å². The first-order chi connectivity index (χ1) is 9.74. The van der Waals surface area contributed by atoms with E-state index in [9.17, 15) is 0 Å². The highest BCUT2D eigenvalue weighted by atomic mass is 32.1. The van der Waals surface area contributed by atoms with E-state index in [0.29, 0.717) is 13.2 Å². The molecule has 3 aromatic rings.